The number of hydrogen-bond acceptors (Lipinski definition) is 7. The van der Waals surface area contributed by atoms with Crippen LogP contribution in [0.5, 0.6) is 0 Å². The second kappa shape index (κ2) is 9.17. The van der Waals surface area contributed by atoms with Gasteiger partial charge in [-0.05, 0) is 38.0 Å². The van der Waals surface area contributed by atoms with Gasteiger partial charge in [-0.3, -0.25) is 19.7 Å². The number of nitrogens with zero attached hydrogens (tertiary/aromatic N) is 2. The Bertz CT molecular complexity index is 1030. The first-order valence-corrected chi connectivity index (χ1v) is 10.1. The minimum absolute atomic E-state index is 0.0910. The molecule has 0 aromatic heterocycles. The Morgan fingerprint density at radius 1 is 1.09 bits per heavy atom. The molecule has 0 saturated carbocycles. The van der Waals surface area contributed by atoms with Crippen molar-refractivity contribution in [3.05, 3.63) is 75.8 Å². The molecule has 2 aromatic rings. The van der Waals surface area contributed by atoms with Gasteiger partial charge in [0.2, 0.25) is 12.5 Å². The number of hydrogen-bond donors (Lipinski definition) is 0. The first kappa shape index (κ1) is 22.9. The molecular weight excluding hydrogens is 416 g/mol. The van der Waals surface area contributed by atoms with Crippen LogP contribution in [0.3, 0.4) is 0 Å². The molecule has 0 unspecified atom stereocenters. The molecule has 32 heavy (non-hydrogen) atoms. The highest BCUT2D eigenvalue weighted by atomic mass is 16.6. The maximum atomic E-state index is 13.3. The van der Waals surface area contributed by atoms with E-state index < -0.39 is 46.9 Å². The lowest BCUT2D eigenvalue weighted by molar-refractivity contribution is -0.486. The molecule has 3 rings (SSSR count). The molecule has 1 aliphatic heterocycles. The lowest BCUT2D eigenvalue weighted by atomic mass is 9.87. The first-order valence-electron chi connectivity index (χ1n) is 10.1. The number of imide groups is 1. The van der Waals surface area contributed by atoms with E-state index >= 15 is 0 Å². The summed E-state index contributed by atoms with van der Waals surface area (Å²) in [6.45, 7) is 4.06. The summed E-state index contributed by atoms with van der Waals surface area (Å²) in [5.74, 6) is -4.30. The summed E-state index contributed by atoms with van der Waals surface area (Å²) in [4.78, 5) is 50.4. The molecule has 0 fully saturated rings. The van der Waals surface area contributed by atoms with Gasteiger partial charge in [0.25, 0.3) is 0 Å². The number of para-hydroxylation sites is 1. The Labute approximate surface area is 185 Å². The Morgan fingerprint density at radius 2 is 1.72 bits per heavy atom. The highest BCUT2D eigenvalue weighted by Crippen LogP contribution is 2.42. The summed E-state index contributed by atoms with van der Waals surface area (Å²) >= 11 is 0. The zero-order valence-corrected chi connectivity index (χ0v) is 18.0. The summed E-state index contributed by atoms with van der Waals surface area (Å²) in [5.41, 5.74) is 0.418. The molecule has 9 nitrogen and oxygen atoms in total. The van der Waals surface area contributed by atoms with Gasteiger partial charge in [0, 0.05) is 4.92 Å². The van der Waals surface area contributed by atoms with Crippen LogP contribution in [0.15, 0.2) is 54.6 Å². The third-order valence-electron chi connectivity index (χ3n) is 4.85. The molecule has 9 heteroatoms. The number of fused-ring (bicyclic) bond motifs is 1. The number of amides is 2. The predicted octanol–water partition coefficient (Wildman–Crippen LogP) is 3.69. The summed E-state index contributed by atoms with van der Waals surface area (Å²) < 4.78 is 10.7. The standard InChI is InChI=1S/C23H24N2O7/c1-23(2,3)32-22(28)25-18-12-8-7-11-16(18)19(20(25)26)17(13-24(29)30)21(27)31-14-15-9-5-4-6-10-15/h4-12,17,19H,13-14H2,1-3H3/t17-,19+/m0/s1. The van der Waals surface area contributed by atoms with Crippen molar-refractivity contribution >= 4 is 23.7 Å². The average molecular weight is 440 g/mol. The minimum Gasteiger partial charge on any atom is -0.460 e. The van der Waals surface area contributed by atoms with Crippen LogP contribution in [0, 0.1) is 16.0 Å². The molecule has 0 bridgehead atoms. The fraction of sp³-hybridized carbons (Fsp3) is 0.348. The average Bonchev–Trinajstić information content (AvgIpc) is 3.01. The third-order valence-corrected chi connectivity index (χ3v) is 4.85. The fourth-order valence-corrected chi connectivity index (χ4v) is 3.54. The zero-order chi connectivity index (χ0) is 23.5. The van der Waals surface area contributed by atoms with Crippen molar-refractivity contribution in [2.45, 2.75) is 38.9 Å². The van der Waals surface area contributed by atoms with Gasteiger partial charge < -0.3 is 9.47 Å². The first-order chi connectivity index (χ1) is 15.1. The van der Waals surface area contributed by atoms with Crippen LogP contribution in [0.2, 0.25) is 0 Å². The van der Waals surface area contributed by atoms with Crippen LogP contribution >= 0.6 is 0 Å². The van der Waals surface area contributed by atoms with Crippen LogP contribution in [-0.4, -0.2) is 35.0 Å². The maximum absolute atomic E-state index is 13.3. The van der Waals surface area contributed by atoms with Crippen LogP contribution < -0.4 is 4.90 Å². The minimum atomic E-state index is -1.41. The van der Waals surface area contributed by atoms with Gasteiger partial charge in [0.05, 0.1) is 11.6 Å². The van der Waals surface area contributed by atoms with Gasteiger partial charge >= 0.3 is 12.1 Å². The van der Waals surface area contributed by atoms with Crippen LogP contribution in [0.25, 0.3) is 0 Å². The molecule has 1 aliphatic rings. The number of ether oxygens (including phenoxy) is 2. The normalized spacial score (nSPS) is 16.3. The number of benzene rings is 2. The fourth-order valence-electron chi connectivity index (χ4n) is 3.54. The van der Waals surface area contributed by atoms with Gasteiger partial charge in [-0.25, -0.2) is 9.69 Å². The van der Waals surface area contributed by atoms with Crippen LogP contribution in [0.1, 0.15) is 37.8 Å². The summed E-state index contributed by atoms with van der Waals surface area (Å²) in [7, 11) is 0. The summed E-state index contributed by atoms with van der Waals surface area (Å²) in [6.07, 6.45) is -0.907. The van der Waals surface area contributed by atoms with Crippen molar-refractivity contribution in [1.82, 2.24) is 0 Å². The Hall–Kier alpha value is -3.75. The van der Waals surface area contributed by atoms with E-state index in [4.69, 9.17) is 9.47 Å². The molecule has 0 saturated heterocycles. The Morgan fingerprint density at radius 3 is 2.34 bits per heavy atom. The van der Waals surface area contributed by atoms with Crippen molar-refractivity contribution in [3.63, 3.8) is 0 Å². The van der Waals surface area contributed by atoms with E-state index in [1.807, 2.05) is 0 Å². The van der Waals surface area contributed by atoms with E-state index in [9.17, 15) is 24.5 Å². The van der Waals surface area contributed by atoms with Crippen molar-refractivity contribution in [2.24, 2.45) is 5.92 Å². The van der Waals surface area contributed by atoms with Gasteiger partial charge in [-0.15, -0.1) is 0 Å². The molecule has 0 radical (unpaired) electrons. The second-order valence-corrected chi connectivity index (χ2v) is 8.41. The highest BCUT2D eigenvalue weighted by molar-refractivity contribution is 6.20. The van der Waals surface area contributed by atoms with Crippen molar-refractivity contribution < 1.29 is 28.8 Å². The summed E-state index contributed by atoms with van der Waals surface area (Å²) in [5, 5.41) is 11.3. The molecule has 168 valence electrons. The molecule has 2 atom stereocenters. The van der Waals surface area contributed by atoms with E-state index in [1.54, 1.807) is 69.3 Å². The maximum Gasteiger partial charge on any atom is 0.421 e. The summed E-state index contributed by atoms with van der Waals surface area (Å²) in [6, 6.07) is 15.2. The van der Waals surface area contributed by atoms with E-state index in [0.717, 1.165) is 4.90 Å². The Balaban J connectivity index is 1.92. The van der Waals surface area contributed by atoms with Crippen LogP contribution in [-0.2, 0) is 25.7 Å². The van der Waals surface area contributed by atoms with Gasteiger partial charge in [-0.1, -0.05) is 48.5 Å². The van der Waals surface area contributed by atoms with E-state index in [-0.39, 0.29) is 12.3 Å². The molecular formula is C23H24N2O7. The van der Waals surface area contributed by atoms with Gasteiger partial charge in [-0.2, -0.15) is 0 Å². The van der Waals surface area contributed by atoms with Crippen molar-refractivity contribution in [3.8, 4) is 0 Å². The molecule has 0 spiro atoms. The van der Waals surface area contributed by atoms with E-state index in [0.29, 0.717) is 11.1 Å². The molecule has 0 N–H and O–H groups in total. The van der Waals surface area contributed by atoms with E-state index in [2.05, 4.69) is 0 Å². The molecule has 2 amide bonds. The topological polar surface area (TPSA) is 116 Å². The smallest absolute Gasteiger partial charge is 0.421 e. The highest BCUT2D eigenvalue weighted by Gasteiger charge is 2.50. The lowest BCUT2D eigenvalue weighted by Gasteiger charge is -2.24. The largest absolute Gasteiger partial charge is 0.460 e. The number of nitro groups is 1. The SMILES string of the molecule is CC(C)(C)OC(=O)N1C(=O)[C@@H]([C@H](C[N+](=O)[O-])C(=O)OCc2ccccc2)c2ccccc21. The number of rotatable bonds is 6. The number of carbonyl (C=O) groups excluding carboxylic acids is 3. The molecule has 1 heterocycles. The quantitative estimate of drug-likeness (QED) is 0.382. The van der Waals surface area contributed by atoms with E-state index in [1.165, 1.54) is 6.07 Å². The van der Waals surface area contributed by atoms with Gasteiger partial charge in [0.1, 0.15) is 18.1 Å². The lowest BCUT2D eigenvalue weighted by Crippen LogP contribution is -2.42. The van der Waals surface area contributed by atoms with Crippen LogP contribution in [0.4, 0.5) is 10.5 Å². The van der Waals surface area contributed by atoms with Crippen molar-refractivity contribution in [2.75, 3.05) is 11.4 Å². The third kappa shape index (κ3) is 5.11. The van der Waals surface area contributed by atoms with Crippen molar-refractivity contribution in [1.29, 1.82) is 0 Å². The number of carbonyl (C=O) groups is 3. The zero-order valence-electron chi connectivity index (χ0n) is 18.0. The monoisotopic (exact) mass is 440 g/mol. The molecule has 0 aliphatic carbocycles. The predicted molar refractivity (Wildman–Crippen MR) is 114 cm³/mol. The number of esters is 1. The van der Waals surface area contributed by atoms with Gasteiger partial charge in [0.15, 0.2) is 0 Å². The number of anilines is 1. The molecule has 2 aromatic carbocycles. The second-order valence-electron chi connectivity index (χ2n) is 8.41. The Kier molecular flexibility index (Phi) is 6.57.